The van der Waals surface area contributed by atoms with Crippen molar-refractivity contribution in [3.8, 4) is 0 Å². The number of carbonyl (C=O) groups is 2. The van der Waals surface area contributed by atoms with Crippen LogP contribution in [0.5, 0.6) is 0 Å². The molecule has 0 aromatic heterocycles. The average Bonchev–Trinajstić information content (AvgIpc) is 2.51. The summed E-state index contributed by atoms with van der Waals surface area (Å²) in [6, 6.07) is 1.93. The van der Waals surface area contributed by atoms with Gasteiger partial charge in [-0.25, -0.2) is 8.42 Å². The number of hydrogen-bond donors (Lipinski definition) is 2. The zero-order valence-electron chi connectivity index (χ0n) is 13.5. The number of carbonyl (C=O) groups excluding carboxylic acids is 1. The van der Waals surface area contributed by atoms with E-state index in [1.807, 2.05) is 0 Å². The number of carboxylic acids is 1. The molecule has 2 N–H and O–H groups in total. The molecule has 146 valence electrons. The van der Waals surface area contributed by atoms with E-state index < -0.39 is 38.3 Å². The summed E-state index contributed by atoms with van der Waals surface area (Å²) in [7, 11) is -1.41. The number of sulfone groups is 1. The molecule has 0 spiro atoms. The van der Waals surface area contributed by atoms with Gasteiger partial charge in [0.15, 0.2) is 9.84 Å². The smallest absolute Gasteiger partial charge is 0.416 e. The number of amides is 1. The molecule has 12 heteroatoms. The highest BCUT2D eigenvalue weighted by atomic mass is 33.1. The monoisotopic (exact) mass is 431 g/mol. The van der Waals surface area contributed by atoms with Gasteiger partial charge in [0.1, 0.15) is 0 Å². The van der Waals surface area contributed by atoms with Crippen molar-refractivity contribution < 1.29 is 36.3 Å². The van der Waals surface area contributed by atoms with Crippen LogP contribution < -0.4 is 5.32 Å². The summed E-state index contributed by atoms with van der Waals surface area (Å²) in [6.45, 7) is 0.147. The van der Waals surface area contributed by atoms with Crippen molar-refractivity contribution in [2.75, 3.05) is 24.3 Å². The van der Waals surface area contributed by atoms with E-state index in [-0.39, 0.29) is 18.5 Å². The van der Waals surface area contributed by atoms with Crippen LogP contribution in [-0.4, -0.2) is 49.7 Å². The molecule has 0 bridgehead atoms. The normalized spacial score (nSPS) is 12.0. The summed E-state index contributed by atoms with van der Waals surface area (Å²) < 4.78 is 61.7. The van der Waals surface area contributed by atoms with Crippen molar-refractivity contribution in [2.45, 2.75) is 17.5 Å². The molecular weight excluding hydrogens is 415 g/mol. The largest absolute Gasteiger partial charge is 0.481 e. The fourth-order valence-electron chi connectivity index (χ4n) is 1.74. The predicted molar refractivity (Wildman–Crippen MR) is 94.1 cm³/mol. The Hall–Kier alpha value is -1.40. The number of rotatable bonds is 9. The highest BCUT2D eigenvalue weighted by Gasteiger charge is 2.33. The van der Waals surface area contributed by atoms with E-state index in [4.69, 9.17) is 5.11 Å². The summed E-state index contributed by atoms with van der Waals surface area (Å²) in [5.41, 5.74) is -1.51. The Morgan fingerprint density at radius 1 is 1.19 bits per heavy atom. The van der Waals surface area contributed by atoms with Gasteiger partial charge in [0, 0.05) is 24.3 Å². The van der Waals surface area contributed by atoms with Gasteiger partial charge in [0.25, 0.3) is 5.91 Å². The van der Waals surface area contributed by atoms with Gasteiger partial charge in [-0.2, -0.15) is 13.2 Å². The van der Waals surface area contributed by atoms with E-state index in [1.165, 1.54) is 21.6 Å². The topological polar surface area (TPSA) is 101 Å². The van der Waals surface area contributed by atoms with Gasteiger partial charge in [-0.3, -0.25) is 9.59 Å². The van der Waals surface area contributed by atoms with Crippen LogP contribution >= 0.6 is 21.6 Å². The van der Waals surface area contributed by atoms with E-state index in [0.717, 1.165) is 12.3 Å². The summed E-state index contributed by atoms with van der Waals surface area (Å²) in [4.78, 5) is 21.7. The van der Waals surface area contributed by atoms with Crippen molar-refractivity contribution in [3.63, 3.8) is 0 Å². The number of alkyl halides is 3. The molecule has 0 atom stereocenters. The molecule has 26 heavy (non-hydrogen) atoms. The maximum absolute atomic E-state index is 12.8. The molecular formula is C14H16F3NO5S3. The van der Waals surface area contributed by atoms with Crippen LogP contribution in [0.2, 0.25) is 0 Å². The van der Waals surface area contributed by atoms with Gasteiger partial charge in [-0.05, 0) is 18.2 Å². The van der Waals surface area contributed by atoms with Crippen LogP contribution in [-0.2, 0) is 20.8 Å². The van der Waals surface area contributed by atoms with Crippen molar-refractivity contribution in [3.05, 3.63) is 29.3 Å². The van der Waals surface area contributed by atoms with Gasteiger partial charge in [0.05, 0.1) is 22.4 Å². The van der Waals surface area contributed by atoms with Gasteiger partial charge >= 0.3 is 12.1 Å². The second-order valence-electron chi connectivity index (χ2n) is 5.02. The fraction of sp³-hybridized carbons (Fsp3) is 0.429. The van der Waals surface area contributed by atoms with Crippen LogP contribution in [0.1, 0.15) is 22.3 Å². The Labute approximate surface area is 156 Å². The number of halogens is 3. The Morgan fingerprint density at radius 3 is 2.35 bits per heavy atom. The van der Waals surface area contributed by atoms with E-state index in [9.17, 15) is 31.2 Å². The van der Waals surface area contributed by atoms with E-state index >= 15 is 0 Å². The minimum absolute atomic E-state index is 0.00724. The highest BCUT2D eigenvalue weighted by Crippen LogP contribution is 2.32. The molecule has 1 rings (SSSR count). The second kappa shape index (κ2) is 9.51. The molecule has 1 aromatic carbocycles. The lowest BCUT2D eigenvalue weighted by Gasteiger charge is -2.12. The van der Waals surface area contributed by atoms with Gasteiger partial charge in [-0.1, -0.05) is 21.6 Å². The lowest BCUT2D eigenvalue weighted by molar-refractivity contribution is -0.138. The Bertz CT molecular complexity index is 766. The number of benzene rings is 1. The number of carboxylic acid groups (broad SMARTS) is 1. The van der Waals surface area contributed by atoms with E-state index in [1.54, 1.807) is 0 Å². The third-order valence-corrected chi connectivity index (χ3v) is 6.45. The molecule has 6 nitrogen and oxygen atoms in total. The molecule has 0 aliphatic rings. The first kappa shape index (κ1) is 22.6. The van der Waals surface area contributed by atoms with Gasteiger partial charge in [0.2, 0.25) is 0 Å². The number of hydrogen-bond acceptors (Lipinski definition) is 6. The Morgan fingerprint density at radius 2 is 1.81 bits per heavy atom. The molecule has 0 aliphatic heterocycles. The molecule has 0 fully saturated rings. The maximum Gasteiger partial charge on any atom is 0.416 e. The summed E-state index contributed by atoms with van der Waals surface area (Å²) in [5, 5.41) is 10.9. The first-order valence-electron chi connectivity index (χ1n) is 7.08. The minimum atomic E-state index is -4.72. The van der Waals surface area contributed by atoms with E-state index in [0.29, 0.717) is 23.6 Å². The van der Waals surface area contributed by atoms with Crippen LogP contribution in [0.15, 0.2) is 23.1 Å². The molecule has 1 amide bonds. The van der Waals surface area contributed by atoms with Crippen LogP contribution in [0.25, 0.3) is 0 Å². The van der Waals surface area contributed by atoms with Crippen molar-refractivity contribution in [2.24, 2.45) is 0 Å². The van der Waals surface area contributed by atoms with Crippen LogP contribution in [0.4, 0.5) is 13.2 Å². The van der Waals surface area contributed by atoms with Crippen molar-refractivity contribution in [1.29, 1.82) is 0 Å². The standard InChI is InChI=1S/C14H16F3NO5S3/c1-26(22,23)11-8-9(14(15,16)17)2-3-10(11)13(21)18-5-7-25-24-6-4-12(19)20/h2-3,8H,4-7H2,1H3,(H,18,21)(H,19,20). The third kappa shape index (κ3) is 7.46. The second-order valence-corrected chi connectivity index (χ2v) is 9.71. The van der Waals surface area contributed by atoms with Crippen molar-refractivity contribution >= 4 is 43.3 Å². The number of nitrogens with one attached hydrogen (secondary N) is 1. The molecule has 0 aliphatic carbocycles. The molecule has 0 heterocycles. The lowest BCUT2D eigenvalue weighted by Crippen LogP contribution is -2.27. The Kier molecular flexibility index (Phi) is 8.28. The Balaban J connectivity index is 2.73. The van der Waals surface area contributed by atoms with Crippen LogP contribution in [0, 0.1) is 0 Å². The van der Waals surface area contributed by atoms with Gasteiger partial charge < -0.3 is 10.4 Å². The van der Waals surface area contributed by atoms with Gasteiger partial charge in [-0.15, -0.1) is 0 Å². The molecule has 0 radical (unpaired) electrons. The minimum Gasteiger partial charge on any atom is -0.481 e. The molecule has 0 unspecified atom stereocenters. The molecule has 0 saturated heterocycles. The zero-order valence-corrected chi connectivity index (χ0v) is 15.9. The molecule has 0 saturated carbocycles. The lowest BCUT2D eigenvalue weighted by atomic mass is 10.1. The third-order valence-electron chi connectivity index (χ3n) is 2.91. The summed E-state index contributed by atoms with van der Waals surface area (Å²) >= 11 is 0. The maximum atomic E-state index is 12.8. The fourth-order valence-corrected chi connectivity index (χ4v) is 4.53. The SMILES string of the molecule is CS(=O)(=O)c1cc(C(F)(F)F)ccc1C(=O)NCCSSCCC(=O)O. The van der Waals surface area contributed by atoms with E-state index in [2.05, 4.69) is 5.32 Å². The first-order chi connectivity index (χ1) is 11.9. The number of aliphatic carboxylic acids is 1. The summed E-state index contributed by atoms with van der Waals surface area (Å²) in [5.74, 6) is -0.895. The summed E-state index contributed by atoms with van der Waals surface area (Å²) in [6.07, 6.45) is -3.99. The molecule has 1 aromatic rings. The quantitative estimate of drug-likeness (QED) is 0.458. The first-order valence-corrected chi connectivity index (χ1v) is 11.5. The predicted octanol–water partition coefficient (Wildman–Crippen LogP) is 2.69. The van der Waals surface area contributed by atoms with Crippen LogP contribution in [0.3, 0.4) is 0 Å². The average molecular weight is 431 g/mol. The van der Waals surface area contributed by atoms with Crippen molar-refractivity contribution in [1.82, 2.24) is 5.32 Å². The highest BCUT2D eigenvalue weighted by molar-refractivity contribution is 8.76. The zero-order chi connectivity index (χ0) is 20.0.